The molecule has 2 saturated heterocycles. The van der Waals surface area contributed by atoms with Gasteiger partial charge < -0.3 is 20.5 Å². The highest BCUT2D eigenvalue weighted by atomic mass is 127. The number of guanidine groups is 1. The van der Waals surface area contributed by atoms with Crippen molar-refractivity contribution < 1.29 is 9.47 Å². The second kappa shape index (κ2) is 11.1. The van der Waals surface area contributed by atoms with Crippen LogP contribution in [0.5, 0.6) is 5.75 Å². The molecule has 0 aliphatic carbocycles. The largest absolute Gasteiger partial charge is 0.497 e. The molecule has 2 heterocycles. The zero-order valence-corrected chi connectivity index (χ0v) is 18.6. The third kappa shape index (κ3) is 6.22. The average Bonchev–Trinajstić information content (AvgIpc) is 3.23. The molecule has 0 bridgehead atoms. The summed E-state index contributed by atoms with van der Waals surface area (Å²) in [6.07, 6.45) is 5.60. The number of benzene rings is 1. The Morgan fingerprint density at radius 1 is 1.22 bits per heavy atom. The molecule has 2 aliphatic heterocycles. The second-order valence-corrected chi connectivity index (χ2v) is 7.26. The van der Waals surface area contributed by atoms with E-state index in [1.165, 1.54) is 31.5 Å². The standard InChI is InChI=1S/C20H32N4O2.HI/c1-25-18-6-4-17(5-7-18)8-11-22-19(21)23-16-20(9-14-26-15-10-20)24-12-2-3-13-24;/h4-7H,2-3,8-16H2,1H3,(H3,21,22,23);1H. The van der Waals surface area contributed by atoms with Gasteiger partial charge in [-0.05, 0) is 62.9 Å². The number of halogens is 1. The number of nitrogens with two attached hydrogens (primary N) is 1. The van der Waals surface area contributed by atoms with Crippen LogP contribution in [-0.4, -0.2) is 62.9 Å². The zero-order valence-electron chi connectivity index (χ0n) is 16.3. The van der Waals surface area contributed by atoms with Gasteiger partial charge in [0, 0.05) is 25.3 Å². The van der Waals surface area contributed by atoms with Gasteiger partial charge in [-0.1, -0.05) is 12.1 Å². The molecule has 27 heavy (non-hydrogen) atoms. The molecule has 0 atom stereocenters. The first-order valence-electron chi connectivity index (χ1n) is 9.71. The Hall–Kier alpha value is -1.06. The summed E-state index contributed by atoms with van der Waals surface area (Å²) in [5.74, 6) is 1.43. The first-order valence-corrected chi connectivity index (χ1v) is 9.71. The Bertz CT molecular complexity index is 582. The van der Waals surface area contributed by atoms with E-state index in [1.807, 2.05) is 12.1 Å². The minimum absolute atomic E-state index is 0. The molecule has 7 heteroatoms. The average molecular weight is 488 g/mol. The highest BCUT2D eigenvalue weighted by Gasteiger charge is 2.39. The molecule has 0 unspecified atom stereocenters. The van der Waals surface area contributed by atoms with Crippen molar-refractivity contribution in [2.75, 3.05) is 46.5 Å². The number of nitrogens with one attached hydrogen (secondary N) is 1. The van der Waals surface area contributed by atoms with Crippen LogP contribution in [0.4, 0.5) is 0 Å². The van der Waals surface area contributed by atoms with Crippen LogP contribution in [0.15, 0.2) is 29.3 Å². The number of hydrogen-bond acceptors (Lipinski definition) is 4. The quantitative estimate of drug-likeness (QED) is 0.351. The van der Waals surface area contributed by atoms with Crippen molar-refractivity contribution >= 4 is 29.9 Å². The van der Waals surface area contributed by atoms with Crippen molar-refractivity contribution in [1.82, 2.24) is 10.2 Å². The predicted molar refractivity (Wildman–Crippen MR) is 120 cm³/mol. The third-order valence-electron chi connectivity index (χ3n) is 5.62. The third-order valence-corrected chi connectivity index (χ3v) is 5.62. The minimum Gasteiger partial charge on any atom is -0.497 e. The summed E-state index contributed by atoms with van der Waals surface area (Å²) >= 11 is 0. The molecule has 6 nitrogen and oxygen atoms in total. The molecular formula is C20H33IN4O2. The van der Waals surface area contributed by atoms with Crippen molar-refractivity contribution in [2.45, 2.75) is 37.6 Å². The smallest absolute Gasteiger partial charge is 0.188 e. The molecule has 3 N–H and O–H groups in total. The lowest BCUT2D eigenvalue weighted by Crippen LogP contribution is -2.53. The van der Waals surface area contributed by atoms with Crippen LogP contribution in [-0.2, 0) is 11.2 Å². The second-order valence-electron chi connectivity index (χ2n) is 7.26. The molecule has 2 aliphatic rings. The fraction of sp³-hybridized carbons (Fsp3) is 0.650. The predicted octanol–water partition coefficient (Wildman–Crippen LogP) is 2.41. The number of hydrogen-bond donors (Lipinski definition) is 2. The van der Waals surface area contributed by atoms with Gasteiger partial charge in [0.15, 0.2) is 5.96 Å². The Balaban J connectivity index is 0.00000261. The van der Waals surface area contributed by atoms with Crippen LogP contribution in [0, 0.1) is 0 Å². The summed E-state index contributed by atoms with van der Waals surface area (Å²) in [6, 6.07) is 8.13. The Labute approximate surface area is 179 Å². The zero-order chi connectivity index (χ0) is 18.2. The summed E-state index contributed by atoms with van der Waals surface area (Å²) in [6.45, 7) is 5.56. The summed E-state index contributed by atoms with van der Waals surface area (Å²) in [5.41, 5.74) is 7.52. The first kappa shape index (κ1) is 22.2. The van der Waals surface area contributed by atoms with Gasteiger partial charge in [0.1, 0.15) is 5.75 Å². The van der Waals surface area contributed by atoms with Gasteiger partial charge in [0.2, 0.25) is 0 Å². The van der Waals surface area contributed by atoms with E-state index in [0.717, 1.165) is 51.3 Å². The number of nitrogens with zero attached hydrogens (tertiary/aromatic N) is 2. The lowest BCUT2D eigenvalue weighted by atomic mass is 9.88. The molecule has 0 saturated carbocycles. The SMILES string of the molecule is COc1ccc(CCNC(N)=NCC2(N3CCCC3)CCOCC2)cc1.I. The van der Waals surface area contributed by atoms with Crippen LogP contribution in [0.3, 0.4) is 0 Å². The first-order chi connectivity index (χ1) is 12.7. The Morgan fingerprint density at radius 3 is 2.52 bits per heavy atom. The van der Waals surface area contributed by atoms with Crippen molar-refractivity contribution in [3.63, 3.8) is 0 Å². The summed E-state index contributed by atoms with van der Waals surface area (Å²) in [7, 11) is 1.68. The number of likely N-dealkylation sites (tertiary alicyclic amines) is 1. The van der Waals surface area contributed by atoms with E-state index in [1.54, 1.807) is 7.11 Å². The maximum absolute atomic E-state index is 6.13. The Morgan fingerprint density at radius 2 is 1.89 bits per heavy atom. The molecule has 152 valence electrons. The summed E-state index contributed by atoms with van der Waals surface area (Å²) < 4.78 is 10.8. The van der Waals surface area contributed by atoms with Gasteiger partial charge in [0.05, 0.1) is 13.7 Å². The summed E-state index contributed by atoms with van der Waals surface area (Å²) in [4.78, 5) is 7.30. The van der Waals surface area contributed by atoms with E-state index in [9.17, 15) is 0 Å². The maximum atomic E-state index is 6.13. The van der Waals surface area contributed by atoms with Gasteiger partial charge in [0.25, 0.3) is 0 Å². The van der Waals surface area contributed by atoms with E-state index >= 15 is 0 Å². The normalized spacial score (nSPS) is 20.1. The minimum atomic E-state index is 0. The van der Waals surface area contributed by atoms with Gasteiger partial charge in [-0.25, -0.2) is 0 Å². The Kier molecular flexibility index (Phi) is 9.11. The lowest BCUT2D eigenvalue weighted by molar-refractivity contribution is -0.0138. The molecule has 2 fully saturated rings. The van der Waals surface area contributed by atoms with Crippen molar-refractivity contribution in [3.8, 4) is 5.75 Å². The van der Waals surface area contributed by atoms with Gasteiger partial charge in [-0.2, -0.15) is 0 Å². The molecule has 0 aromatic heterocycles. The van der Waals surface area contributed by atoms with Crippen LogP contribution in [0.2, 0.25) is 0 Å². The molecule has 0 spiro atoms. The van der Waals surface area contributed by atoms with Crippen LogP contribution < -0.4 is 15.8 Å². The molecular weight excluding hydrogens is 455 g/mol. The van der Waals surface area contributed by atoms with E-state index in [0.29, 0.717) is 5.96 Å². The maximum Gasteiger partial charge on any atom is 0.188 e. The molecule has 1 aromatic rings. The van der Waals surface area contributed by atoms with Gasteiger partial charge in [-0.3, -0.25) is 9.89 Å². The number of ether oxygens (including phenoxy) is 2. The highest BCUT2D eigenvalue weighted by molar-refractivity contribution is 14.0. The van der Waals surface area contributed by atoms with Gasteiger partial charge >= 0.3 is 0 Å². The molecule has 1 aromatic carbocycles. The van der Waals surface area contributed by atoms with Crippen LogP contribution >= 0.6 is 24.0 Å². The fourth-order valence-corrected chi connectivity index (χ4v) is 3.93. The van der Waals surface area contributed by atoms with Gasteiger partial charge in [-0.15, -0.1) is 24.0 Å². The van der Waals surface area contributed by atoms with Crippen LogP contribution in [0.25, 0.3) is 0 Å². The number of aliphatic imine (C=N–C) groups is 1. The molecule has 3 rings (SSSR count). The fourth-order valence-electron chi connectivity index (χ4n) is 3.93. The lowest BCUT2D eigenvalue weighted by Gasteiger charge is -2.43. The highest BCUT2D eigenvalue weighted by Crippen LogP contribution is 2.31. The summed E-state index contributed by atoms with van der Waals surface area (Å²) in [5, 5.41) is 3.25. The number of methoxy groups -OCH3 is 1. The van der Waals surface area contributed by atoms with Crippen molar-refractivity contribution in [2.24, 2.45) is 10.7 Å². The van der Waals surface area contributed by atoms with E-state index in [4.69, 9.17) is 15.2 Å². The van der Waals surface area contributed by atoms with E-state index in [2.05, 4.69) is 27.3 Å². The molecule has 0 amide bonds. The number of rotatable bonds is 7. The van der Waals surface area contributed by atoms with E-state index in [-0.39, 0.29) is 29.5 Å². The van der Waals surface area contributed by atoms with Crippen LogP contribution in [0.1, 0.15) is 31.2 Å². The van der Waals surface area contributed by atoms with E-state index < -0.39 is 0 Å². The monoisotopic (exact) mass is 488 g/mol. The van der Waals surface area contributed by atoms with Crippen molar-refractivity contribution in [3.05, 3.63) is 29.8 Å². The molecule has 0 radical (unpaired) electrons. The topological polar surface area (TPSA) is 72.1 Å². The van der Waals surface area contributed by atoms with Crippen molar-refractivity contribution in [1.29, 1.82) is 0 Å².